The molecule has 4 rings (SSSR count). The van der Waals surface area contributed by atoms with Gasteiger partial charge in [0.2, 0.25) is 0 Å². The Morgan fingerprint density at radius 3 is 2.39 bits per heavy atom. The molecule has 4 nitrogen and oxygen atoms in total. The highest BCUT2D eigenvalue weighted by atomic mass is 35.5. The molecule has 0 radical (unpaired) electrons. The molecule has 0 saturated carbocycles. The maximum atomic E-state index is 5.41. The van der Waals surface area contributed by atoms with Gasteiger partial charge >= 0.3 is 0 Å². The summed E-state index contributed by atoms with van der Waals surface area (Å²) in [6, 6.07) is 19.4. The van der Waals surface area contributed by atoms with Crippen LogP contribution in [0.3, 0.4) is 0 Å². The number of rotatable bonds is 7. The van der Waals surface area contributed by atoms with Crippen LogP contribution in [0.4, 0.5) is 0 Å². The van der Waals surface area contributed by atoms with Crippen LogP contribution < -0.4 is 5.32 Å². The minimum Gasteiger partial charge on any atom is -0.379 e. The number of halogens is 2. The van der Waals surface area contributed by atoms with Gasteiger partial charge in [-0.25, -0.2) is 0 Å². The summed E-state index contributed by atoms with van der Waals surface area (Å²) in [5.74, 6) is 0. The van der Waals surface area contributed by atoms with Crippen LogP contribution >= 0.6 is 24.8 Å². The van der Waals surface area contributed by atoms with Crippen molar-refractivity contribution in [2.45, 2.75) is 13.1 Å². The van der Waals surface area contributed by atoms with Gasteiger partial charge in [0.05, 0.1) is 13.2 Å². The van der Waals surface area contributed by atoms with E-state index in [4.69, 9.17) is 4.74 Å². The molecule has 1 aliphatic rings. The Morgan fingerprint density at radius 1 is 0.893 bits per heavy atom. The molecule has 28 heavy (non-hydrogen) atoms. The number of nitrogens with zero attached hydrogens (tertiary/aromatic N) is 2. The smallest absolute Gasteiger partial charge is 0.0594 e. The van der Waals surface area contributed by atoms with E-state index in [-0.39, 0.29) is 24.8 Å². The van der Waals surface area contributed by atoms with Gasteiger partial charge in [-0.3, -0.25) is 4.90 Å². The fraction of sp³-hybridized carbons (Fsp3) is 0.364. The Labute approximate surface area is 179 Å². The summed E-state index contributed by atoms with van der Waals surface area (Å²) in [7, 11) is 0. The molecule has 2 heterocycles. The molecule has 1 fully saturated rings. The van der Waals surface area contributed by atoms with E-state index in [9.17, 15) is 0 Å². The molecule has 0 spiro atoms. The predicted octanol–water partition coefficient (Wildman–Crippen LogP) is 3.96. The summed E-state index contributed by atoms with van der Waals surface area (Å²) in [5, 5.41) is 4.97. The molecule has 6 heteroatoms. The fourth-order valence-electron chi connectivity index (χ4n) is 3.66. The van der Waals surface area contributed by atoms with Crippen molar-refractivity contribution in [3.8, 4) is 0 Å². The highest BCUT2D eigenvalue weighted by Gasteiger charge is 2.11. The molecule has 1 aromatic heterocycles. The molecular weight excluding hydrogens is 393 g/mol. The van der Waals surface area contributed by atoms with E-state index >= 15 is 0 Å². The van der Waals surface area contributed by atoms with Crippen LogP contribution in [0.25, 0.3) is 10.9 Å². The minimum absolute atomic E-state index is 0. The lowest BCUT2D eigenvalue weighted by Gasteiger charge is -2.26. The first kappa shape index (κ1) is 22.7. The summed E-state index contributed by atoms with van der Waals surface area (Å²) >= 11 is 0. The van der Waals surface area contributed by atoms with Crippen molar-refractivity contribution >= 4 is 35.7 Å². The van der Waals surface area contributed by atoms with Crippen molar-refractivity contribution in [1.29, 1.82) is 0 Å². The van der Waals surface area contributed by atoms with Crippen molar-refractivity contribution in [1.82, 2.24) is 14.8 Å². The van der Waals surface area contributed by atoms with Crippen molar-refractivity contribution < 1.29 is 4.74 Å². The van der Waals surface area contributed by atoms with Crippen LogP contribution in [0.2, 0.25) is 0 Å². The molecule has 0 bridgehead atoms. The number of aromatic nitrogens is 1. The molecule has 0 atom stereocenters. The number of nitrogens with one attached hydrogen (secondary N) is 1. The van der Waals surface area contributed by atoms with Gasteiger partial charge in [0.15, 0.2) is 0 Å². The van der Waals surface area contributed by atoms with Crippen LogP contribution in [-0.4, -0.2) is 48.9 Å². The van der Waals surface area contributed by atoms with Gasteiger partial charge in [-0.1, -0.05) is 48.5 Å². The molecule has 1 saturated heterocycles. The standard InChI is InChI=1S/C22H27N3O.2ClH/c1-2-6-19(7-3-1)17-25-18-20(21-8-4-5-9-22(21)25)16-23-10-11-24-12-14-26-15-13-24;;/h1-9,18,23H,10-17H2;2*1H. The summed E-state index contributed by atoms with van der Waals surface area (Å²) in [6.07, 6.45) is 2.30. The normalized spacial score (nSPS) is 14.4. The quantitative estimate of drug-likeness (QED) is 0.585. The second-order valence-electron chi connectivity index (χ2n) is 6.92. The largest absolute Gasteiger partial charge is 0.379 e. The molecule has 3 aromatic rings. The van der Waals surface area contributed by atoms with E-state index in [1.54, 1.807) is 0 Å². The average Bonchev–Trinajstić information content (AvgIpc) is 3.05. The number of ether oxygens (including phenoxy) is 1. The second-order valence-corrected chi connectivity index (χ2v) is 6.92. The first-order valence-corrected chi connectivity index (χ1v) is 9.51. The third kappa shape index (κ3) is 5.72. The number of morpholine rings is 1. The lowest BCUT2D eigenvalue weighted by molar-refractivity contribution is 0.0384. The van der Waals surface area contributed by atoms with E-state index in [0.717, 1.165) is 52.5 Å². The van der Waals surface area contributed by atoms with Crippen molar-refractivity contribution in [3.05, 3.63) is 71.9 Å². The number of hydrogen-bond acceptors (Lipinski definition) is 3. The molecule has 2 aromatic carbocycles. The fourth-order valence-corrected chi connectivity index (χ4v) is 3.66. The van der Waals surface area contributed by atoms with E-state index < -0.39 is 0 Å². The van der Waals surface area contributed by atoms with Gasteiger partial charge in [0, 0.05) is 56.4 Å². The zero-order chi connectivity index (χ0) is 17.6. The maximum absolute atomic E-state index is 5.41. The van der Waals surface area contributed by atoms with E-state index in [0.29, 0.717) is 0 Å². The number of hydrogen-bond donors (Lipinski definition) is 1. The number of fused-ring (bicyclic) bond motifs is 1. The van der Waals surface area contributed by atoms with Gasteiger partial charge in [-0.05, 0) is 17.2 Å². The Bertz CT molecular complexity index is 832. The van der Waals surface area contributed by atoms with Gasteiger partial charge < -0.3 is 14.6 Å². The second kappa shape index (κ2) is 11.4. The maximum Gasteiger partial charge on any atom is 0.0594 e. The Kier molecular flexibility index (Phi) is 9.29. The van der Waals surface area contributed by atoms with Gasteiger partial charge in [-0.15, -0.1) is 24.8 Å². The third-order valence-electron chi connectivity index (χ3n) is 5.09. The SMILES string of the molecule is Cl.Cl.c1ccc(Cn2cc(CNCCN3CCOCC3)c3ccccc32)cc1. The van der Waals surface area contributed by atoms with E-state index in [1.165, 1.54) is 22.0 Å². The van der Waals surface area contributed by atoms with E-state index in [2.05, 4.69) is 75.6 Å². The van der Waals surface area contributed by atoms with Crippen LogP contribution in [0.15, 0.2) is 60.8 Å². The van der Waals surface area contributed by atoms with Crippen molar-refractivity contribution in [3.63, 3.8) is 0 Å². The molecule has 0 aliphatic carbocycles. The van der Waals surface area contributed by atoms with Gasteiger partial charge in [0.25, 0.3) is 0 Å². The van der Waals surface area contributed by atoms with Crippen molar-refractivity contribution in [2.24, 2.45) is 0 Å². The van der Waals surface area contributed by atoms with Crippen LogP contribution in [0.1, 0.15) is 11.1 Å². The zero-order valence-corrected chi connectivity index (χ0v) is 17.7. The summed E-state index contributed by atoms with van der Waals surface area (Å²) in [4.78, 5) is 2.47. The lowest BCUT2D eigenvalue weighted by atomic mass is 10.2. The summed E-state index contributed by atoms with van der Waals surface area (Å²) < 4.78 is 7.78. The number of para-hydroxylation sites is 1. The minimum atomic E-state index is 0. The molecule has 1 N–H and O–H groups in total. The molecule has 0 unspecified atom stereocenters. The highest BCUT2D eigenvalue weighted by molar-refractivity contribution is 5.85. The van der Waals surface area contributed by atoms with Gasteiger partial charge in [0.1, 0.15) is 0 Å². The van der Waals surface area contributed by atoms with Crippen LogP contribution in [-0.2, 0) is 17.8 Å². The van der Waals surface area contributed by atoms with Crippen molar-refractivity contribution in [2.75, 3.05) is 39.4 Å². The third-order valence-corrected chi connectivity index (χ3v) is 5.09. The van der Waals surface area contributed by atoms with Crippen LogP contribution in [0, 0.1) is 0 Å². The summed E-state index contributed by atoms with van der Waals surface area (Å²) in [5.41, 5.74) is 4.01. The Hall–Kier alpha value is -1.56. The topological polar surface area (TPSA) is 29.4 Å². The molecule has 1 aliphatic heterocycles. The van der Waals surface area contributed by atoms with E-state index in [1.807, 2.05) is 0 Å². The predicted molar refractivity (Wildman–Crippen MR) is 121 cm³/mol. The number of benzene rings is 2. The Morgan fingerprint density at radius 2 is 1.61 bits per heavy atom. The average molecular weight is 422 g/mol. The first-order valence-electron chi connectivity index (χ1n) is 9.51. The van der Waals surface area contributed by atoms with Crippen LogP contribution in [0.5, 0.6) is 0 Å². The highest BCUT2D eigenvalue weighted by Crippen LogP contribution is 2.22. The molecule has 152 valence electrons. The molecular formula is C22H29Cl2N3O. The Balaban J connectivity index is 0.00000140. The monoisotopic (exact) mass is 421 g/mol. The lowest BCUT2D eigenvalue weighted by Crippen LogP contribution is -2.40. The zero-order valence-electron chi connectivity index (χ0n) is 16.0. The van der Waals surface area contributed by atoms with Gasteiger partial charge in [-0.2, -0.15) is 0 Å². The first-order chi connectivity index (χ1) is 12.9. The molecule has 0 amide bonds. The summed E-state index contributed by atoms with van der Waals surface area (Å²) in [6.45, 7) is 7.77.